The summed E-state index contributed by atoms with van der Waals surface area (Å²) < 4.78 is 17.4. The highest BCUT2D eigenvalue weighted by Crippen LogP contribution is 2.08. The van der Waals surface area contributed by atoms with Gasteiger partial charge in [-0.15, -0.1) is 0 Å². The average Bonchev–Trinajstić information content (AvgIpc) is 2.02. The van der Waals surface area contributed by atoms with Gasteiger partial charge in [-0.25, -0.2) is 9.18 Å². The molecule has 0 aromatic carbocycles. The zero-order chi connectivity index (χ0) is 9.72. The highest BCUT2D eigenvalue weighted by Gasteiger charge is 2.24. The zero-order valence-corrected chi connectivity index (χ0v) is 7.56. The summed E-state index contributed by atoms with van der Waals surface area (Å²) in [6.07, 6.45) is -1.52. The fourth-order valence-electron chi connectivity index (χ4n) is 0.655. The summed E-state index contributed by atoms with van der Waals surface area (Å²) in [4.78, 5) is 10.8. The Morgan fingerprint density at radius 3 is 2.42 bits per heavy atom. The van der Waals surface area contributed by atoms with Gasteiger partial charge in [-0.1, -0.05) is 13.8 Å². The first-order valence-corrected chi connectivity index (χ1v) is 3.90. The number of rotatable bonds is 4. The van der Waals surface area contributed by atoms with Crippen molar-refractivity contribution in [2.75, 3.05) is 6.61 Å². The van der Waals surface area contributed by atoms with E-state index < -0.39 is 17.9 Å². The minimum Gasteiger partial charge on any atom is -0.461 e. The van der Waals surface area contributed by atoms with Crippen molar-refractivity contribution in [3.05, 3.63) is 0 Å². The highest BCUT2D eigenvalue weighted by molar-refractivity contribution is 6.36. The van der Waals surface area contributed by atoms with E-state index in [9.17, 15) is 9.18 Å². The van der Waals surface area contributed by atoms with Crippen LogP contribution in [0.2, 0.25) is 0 Å². The number of alkyl halides is 1. The van der Waals surface area contributed by atoms with Crippen molar-refractivity contribution in [3.8, 4) is 0 Å². The minimum absolute atomic E-state index is 0.173. The maximum absolute atomic E-state index is 13.0. The first-order valence-electron chi connectivity index (χ1n) is 3.90. The topological polar surface area (TPSA) is 50.2 Å². The van der Waals surface area contributed by atoms with E-state index in [4.69, 9.17) is 5.41 Å². The second-order valence-corrected chi connectivity index (χ2v) is 2.78. The molecule has 0 spiro atoms. The molecule has 0 aliphatic carbocycles. The van der Waals surface area contributed by atoms with E-state index in [-0.39, 0.29) is 12.5 Å². The van der Waals surface area contributed by atoms with E-state index in [1.807, 2.05) is 0 Å². The molecule has 0 aromatic rings. The molecule has 3 nitrogen and oxygen atoms in total. The van der Waals surface area contributed by atoms with Crippen LogP contribution in [0, 0.1) is 11.3 Å². The zero-order valence-electron chi connectivity index (χ0n) is 7.56. The number of nitrogens with one attached hydrogen (secondary N) is 1. The number of hydrogen-bond acceptors (Lipinski definition) is 3. The summed E-state index contributed by atoms with van der Waals surface area (Å²) in [5.74, 6) is -1.22. The Bertz CT molecular complexity index is 180. The number of ether oxygens (including phenoxy) is 1. The lowest BCUT2D eigenvalue weighted by Crippen LogP contribution is -2.30. The smallest absolute Gasteiger partial charge is 0.355 e. The van der Waals surface area contributed by atoms with Crippen molar-refractivity contribution in [2.45, 2.75) is 26.9 Å². The maximum atomic E-state index is 13.0. The lowest BCUT2D eigenvalue weighted by Gasteiger charge is -2.11. The molecule has 0 saturated heterocycles. The van der Waals surface area contributed by atoms with Gasteiger partial charge in [-0.3, -0.25) is 5.41 Å². The molecule has 0 aliphatic rings. The second kappa shape index (κ2) is 4.85. The molecule has 1 N–H and O–H groups in total. The molecule has 0 aliphatic heterocycles. The van der Waals surface area contributed by atoms with Crippen LogP contribution in [0.25, 0.3) is 0 Å². The van der Waals surface area contributed by atoms with Crippen LogP contribution < -0.4 is 0 Å². The first-order chi connectivity index (χ1) is 5.50. The minimum atomic E-state index is -1.52. The van der Waals surface area contributed by atoms with Crippen molar-refractivity contribution in [2.24, 2.45) is 5.92 Å². The molecule has 12 heavy (non-hydrogen) atoms. The monoisotopic (exact) mass is 175 g/mol. The molecular formula is C8H14FNO2. The lowest BCUT2D eigenvalue weighted by atomic mass is 10.0. The molecule has 0 rings (SSSR count). The van der Waals surface area contributed by atoms with E-state index >= 15 is 0 Å². The third-order valence-corrected chi connectivity index (χ3v) is 1.36. The van der Waals surface area contributed by atoms with Gasteiger partial charge in [0.25, 0.3) is 0 Å². The molecule has 0 saturated carbocycles. The van der Waals surface area contributed by atoms with Gasteiger partial charge in [0.1, 0.15) is 0 Å². The Morgan fingerprint density at radius 1 is 1.58 bits per heavy atom. The molecule has 0 aromatic heterocycles. The molecule has 0 amide bonds. The van der Waals surface area contributed by atoms with Crippen LogP contribution in [0.3, 0.4) is 0 Å². The largest absolute Gasteiger partial charge is 0.461 e. The van der Waals surface area contributed by atoms with Crippen LogP contribution in [-0.4, -0.2) is 24.5 Å². The fraction of sp³-hybridized carbons (Fsp3) is 0.750. The Kier molecular flexibility index (Phi) is 4.47. The van der Waals surface area contributed by atoms with Gasteiger partial charge in [0, 0.05) is 0 Å². The van der Waals surface area contributed by atoms with Crippen LogP contribution >= 0.6 is 0 Å². The molecule has 0 heterocycles. The quantitative estimate of drug-likeness (QED) is 0.520. The Morgan fingerprint density at radius 2 is 2.08 bits per heavy atom. The summed E-state index contributed by atoms with van der Waals surface area (Å²) in [6, 6.07) is 0. The van der Waals surface area contributed by atoms with E-state index in [0.717, 1.165) is 0 Å². The SMILES string of the molecule is CCOC(=O)C(=N)C(F)C(C)C. The lowest BCUT2D eigenvalue weighted by molar-refractivity contribution is -0.135. The highest BCUT2D eigenvalue weighted by atomic mass is 19.1. The van der Waals surface area contributed by atoms with Crippen molar-refractivity contribution >= 4 is 11.7 Å². The summed E-state index contributed by atoms with van der Waals surface area (Å²) in [5, 5.41) is 7.08. The number of hydrogen-bond donors (Lipinski definition) is 1. The van der Waals surface area contributed by atoms with Gasteiger partial charge in [-0.2, -0.15) is 0 Å². The molecule has 1 unspecified atom stereocenters. The van der Waals surface area contributed by atoms with Crippen LogP contribution in [0.1, 0.15) is 20.8 Å². The van der Waals surface area contributed by atoms with E-state index in [1.165, 1.54) is 0 Å². The molecule has 1 atom stereocenters. The van der Waals surface area contributed by atoms with Gasteiger partial charge in [0.15, 0.2) is 11.9 Å². The van der Waals surface area contributed by atoms with Gasteiger partial charge >= 0.3 is 5.97 Å². The van der Waals surface area contributed by atoms with Gasteiger partial charge in [0.2, 0.25) is 0 Å². The van der Waals surface area contributed by atoms with Crippen LogP contribution in [-0.2, 0) is 9.53 Å². The summed E-state index contributed by atoms with van der Waals surface area (Å²) in [5.41, 5.74) is -0.591. The third kappa shape index (κ3) is 2.98. The van der Waals surface area contributed by atoms with Crippen molar-refractivity contribution in [1.29, 1.82) is 5.41 Å². The Balaban J connectivity index is 4.10. The van der Waals surface area contributed by atoms with Crippen LogP contribution in [0.5, 0.6) is 0 Å². The van der Waals surface area contributed by atoms with Gasteiger partial charge < -0.3 is 4.74 Å². The van der Waals surface area contributed by atoms with Gasteiger partial charge in [-0.05, 0) is 12.8 Å². The first kappa shape index (κ1) is 11.1. The van der Waals surface area contributed by atoms with Gasteiger partial charge in [0.05, 0.1) is 6.61 Å². The van der Waals surface area contributed by atoms with Crippen molar-refractivity contribution in [3.63, 3.8) is 0 Å². The number of carbonyl (C=O) groups excluding carboxylic acids is 1. The number of esters is 1. The molecular weight excluding hydrogens is 161 g/mol. The third-order valence-electron chi connectivity index (χ3n) is 1.36. The van der Waals surface area contributed by atoms with Crippen molar-refractivity contribution in [1.82, 2.24) is 0 Å². The summed E-state index contributed by atoms with van der Waals surface area (Å²) >= 11 is 0. The molecule has 4 heteroatoms. The van der Waals surface area contributed by atoms with E-state index in [0.29, 0.717) is 0 Å². The molecule has 70 valence electrons. The Hall–Kier alpha value is -0.930. The second-order valence-electron chi connectivity index (χ2n) is 2.78. The fourth-order valence-corrected chi connectivity index (χ4v) is 0.655. The van der Waals surface area contributed by atoms with E-state index in [2.05, 4.69) is 4.74 Å². The van der Waals surface area contributed by atoms with E-state index in [1.54, 1.807) is 20.8 Å². The van der Waals surface area contributed by atoms with Crippen LogP contribution in [0.15, 0.2) is 0 Å². The standard InChI is InChI=1S/C8H14FNO2/c1-4-12-8(11)7(10)6(9)5(2)3/h5-6,10H,4H2,1-3H3. The number of carbonyl (C=O) groups is 1. The normalized spacial score (nSPS) is 12.8. The predicted molar refractivity (Wildman–Crippen MR) is 44.1 cm³/mol. The maximum Gasteiger partial charge on any atom is 0.355 e. The molecule has 0 bridgehead atoms. The Labute approximate surface area is 71.4 Å². The molecule has 0 fully saturated rings. The van der Waals surface area contributed by atoms with Crippen LogP contribution in [0.4, 0.5) is 4.39 Å². The predicted octanol–water partition coefficient (Wildman–Crippen LogP) is 1.56. The molecule has 0 radical (unpaired) electrons. The number of halogens is 1. The average molecular weight is 175 g/mol. The van der Waals surface area contributed by atoms with Crippen molar-refractivity contribution < 1.29 is 13.9 Å². The summed E-state index contributed by atoms with van der Waals surface area (Å²) in [6.45, 7) is 5.01. The summed E-state index contributed by atoms with van der Waals surface area (Å²) in [7, 11) is 0.